The highest BCUT2D eigenvalue weighted by molar-refractivity contribution is 7.12. The van der Waals surface area contributed by atoms with Crippen LogP contribution in [-0.4, -0.2) is 37.1 Å². The summed E-state index contributed by atoms with van der Waals surface area (Å²) in [5, 5.41) is 1.93. The summed E-state index contributed by atoms with van der Waals surface area (Å²) in [6, 6.07) is 3.77. The molecule has 2 rings (SSSR count). The summed E-state index contributed by atoms with van der Waals surface area (Å²) in [6.07, 6.45) is 1.17. The Morgan fingerprint density at radius 3 is 3.14 bits per heavy atom. The maximum atomic E-state index is 11.9. The molecule has 1 aliphatic rings. The smallest absolute Gasteiger partial charge is 0.264 e. The van der Waals surface area contributed by atoms with E-state index in [4.69, 9.17) is 4.74 Å². The van der Waals surface area contributed by atoms with Crippen molar-refractivity contribution in [3.05, 3.63) is 22.4 Å². The van der Waals surface area contributed by atoms with Crippen LogP contribution in [0.15, 0.2) is 17.5 Å². The molecule has 0 bridgehead atoms. The van der Waals surface area contributed by atoms with Gasteiger partial charge in [0.25, 0.3) is 5.91 Å². The molecule has 0 aromatic carbocycles. The Morgan fingerprint density at radius 1 is 1.71 bits per heavy atom. The standard InChI is InChI=1S/C10H13NO2S/c1-13-8-4-5-11(7-8)10(12)9-3-2-6-14-9/h2-3,6,8H,4-5,7H2,1H3. The number of hydrogen-bond acceptors (Lipinski definition) is 3. The Balaban J connectivity index is 2.00. The van der Waals surface area contributed by atoms with E-state index < -0.39 is 0 Å². The van der Waals surface area contributed by atoms with E-state index in [0.717, 1.165) is 24.4 Å². The van der Waals surface area contributed by atoms with Gasteiger partial charge in [0, 0.05) is 20.2 Å². The van der Waals surface area contributed by atoms with Gasteiger partial charge in [-0.3, -0.25) is 4.79 Å². The van der Waals surface area contributed by atoms with E-state index in [1.165, 1.54) is 11.3 Å². The number of ether oxygens (including phenoxy) is 1. The molecule has 1 unspecified atom stereocenters. The van der Waals surface area contributed by atoms with Gasteiger partial charge in [0.05, 0.1) is 11.0 Å². The lowest BCUT2D eigenvalue weighted by Gasteiger charge is -2.14. The van der Waals surface area contributed by atoms with Gasteiger partial charge in [0.2, 0.25) is 0 Å². The molecule has 1 saturated heterocycles. The van der Waals surface area contributed by atoms with Gasteiger partial charge in [0.15, 0.2) is 0 Å². The average Bonchev–Trinajstić information content (AvgIpc) is 2.88. The van der Waals surface area contributed by atoms with E-state index in [9.17, 15) is 4.79 Å². The Morgan fingerprint density at radius 2 is 2.57 bits per heavy atom. The lowest BCUT2D eigenvalue weighted by Crippen LogP contribution is -2.29. The number of carbonyl (C=O) groups is 1. The topological polar surface area (TPSA) is 29.5 Å². The third-order valence-corrected chi connectivity index (χ3v) is 3.36. The van der Waals surface area contributed by atoms with Gasteiger partial charge in [-0.05, 0) is 17.9 Å². The molecule has 1 aliphatic heterocycles. The Labute approximate surface area is 87.3 Å². The summed E-state index contributed by atoms with van der Waals surface area (Å²) in [4.78, 5) is 14.5. The van der Waals surface area contributed by atoms with Crippen molar-refractivity contribution in [3.63, 3.8) is 0 Å². The fourth-order valence-corrected chi connectivity index (χ4v) is 2.35. The maximum absolute atomic E-state index is 11.9. The minimum atomic E-state index is 0.138. The monoisotopic (exact) mass is 211 g/mol. The zero-order chi connectivity index (χ0) is 9.97. The van der Waals surface area contributed by atoms with Crippen LogP contribution in [0.2, 0.25) is 0 Å². The average molecular weight is 211 g/mol. The van der Waals surface area contributed by atoms with Crippen LogP contribution < -0.4 is 0 Å². The number of nitrogens with zero attached hydrogens (tertiary/aromatic N) is 1. The van der Waals surface area contributed by atoms with Crippen LogP contribution in [0.25, 0.3) is 0 Å². The van der Waals surface area contributed by atoms with E-state index >= 15 is 0 Å². The first-order valence-electron chi connectivity index (χ1n) is 4.67. The van der Waals surface area contributed by atoms with Crippen molar-refractivity contribution in [3.8, 4) is 0 Å². The quantitative estimate of drug-likeness (QED) is 0.743. The van der Waals surface area contributed by atoms with Gasteiger partial charge in [0.1, 0.15) is 0 Å². The van der Waals surface area contributed by atoms with Gasteiger partial charge in [-0.2, -0.15) is 0 Å². The lowest BCUT2D eigenvalue weighted by atomic mass is 10.3. The Kier molecular flexibility index (Phi) is 2.84. The highest BCUT2D eigenvalue weighted by Crippen LogP contribution is 2.17. The highest BCUT2D eigenvalue weighted by Gasteiger charge is 2.26. The summed E-state index contributed by atoms with van der Waals surface area (Å²) in [5.41, 5.74) is 0. The molecule has 0 radical (unpaired) electrons. The normalized spacial score (nSPS) is 21.5. The minimum absolute atomic E-state index is 0.138. The van der Waals surface area contributed by atoms with Crippen LogP contribution in [0.4, 0.5) is 0 Å². The van der Waals surface area contributed by atoms with E-state index in [1.54, 1.807) is 7.11 Å². The van der Waals surface area contributed by atoms with Crippen molar-refractivity contribution in [1.82, 2.24) is 4.90 Å². The number of thiophene rings is 1. The van der Waals surface area contributed by atoms with Gasteiger partial charge < -0.3 is 9.64 Å². The molecule has 14 heavy (non-hydrogen) atoms. The molecule has 1 amide bonds. The zero-order valence-electron chi connectivity index (χ0n) is 8.10. The molecule has 1 aromatic rings. The predicted molar refractivity (Wildman–Crippen MR) is 55.6 cm³/mol. The minimum Gasteiger partial charge on any atom is -0.380 e. The number of carbonyl (C=O) groups excluding carboxylic acids is 1. The van der Waals surface area contributed by atoms with Crippen molar-refractivity contribution in [1.29, 1.82) is 0 Å². The fraction of sp³-hybridized carbons (Fsp3) is 0.500. The molecular formula is C10H13NO2S. The predicted octanol–water partition coefficient (Wildman–Crippen LogP) is 1.61. The second-order valence-corrected chi connectivity index (χ2v) is 4.32. The molecular weight excluding hydrogens is 198 g/mol. The Bertz CT molecular complexity index is 310. The second kappa shape index (κ2) is 4.11. The summed E-state index contributed by atoms with van der Waals surface area (Å²) in [6.45, 7) is 1.54. The number of likely N-dealkylation sites (tertiary alicyclic amines) is 1. The largest absolute Gasteiger partial charge is 0.380 e. The summed E-state index contributed by atoms with van der Waals surface area (Å²) in [5.74, 6) is 0.138. The SMILES string of the molecule is COC1CCN(C(=O)c2cccs2)C1. The Hall–Kier alpha value is -0.870. The molecule has 1 atom stereocenters. The van der Waals surface area contributed by atoms with Crippen LogP contribution in [-0.2, 0) is 4.74 Å². The van der Waals surface area contributed by atoms with Gasteiger partial charge in [-0.25, -0.2) is 0 Å². The van der Waals surface area contributed by atoms with Gasteiger partial charge in [-0.15, -0.1) is 11.3 Å². The van der Waals surface area contributed by atoms with Gasteiger partial charge in [-0.1, -0.05) is 6.07 Å². The van der Waals surface area contributed by atoms with E-state index in [1.807, 2.05) is 22.4 Å². The molecule has 2 heterocycles. The summed E-state index contributed by atoms with van der Waals surface area (Å²) >= 11 is 1.49. The van der Waals surface area contributed by atoms with Crippen LogP contribution in [0.1, 0.15) is 16.1 Å². The molecule has 0 saturated carbocycles. The third-order valence-electron chi connectivity index (χ3n) is 2.50. The lowest BCUT2D eigenvalue weighted by molar-refractivity contribution is 0.0728. The van der Waals surface area contributed by atoms with Crippen LogP contribution in [0.5, 0.6) is 0 Å². The van der Waals surface area contributed by atoms with E-state index in [0.29, 0.717) is 0 Å². The number of methoxy groups -OCH3 is 1. The van der Waals surface area contributed by atoms with Crippen molar-refractivity contribution < 1.29 is 9.53 Å². The molecule has 0 N–H and O–H groups in total. The van der Waals surface area contributed by atoms with Crippen molar-refractivity contribution in [2.24, 2.45) is 0 Å². The van der Waals surface area contributed by atoms with Crippen molar-refractivity contribution in [2.45, 2.75) is 12.5 Å². The van der Waals surface area contributed by atoms with Crippen LogP contribution in [0.3, 0.4) is 0 Å². The molecule has 3 nitrogen and oxygen atoms in total. The number of hydrogen-bond donors (Lipinski definition) is 0. The molecule has 0 aliphatic carbocycles. The molecule has 0 spiro atoms. The van der Waals surface area contributed by atoms with Crippen molar-refractivity contribution >= 4 is 17.2 Å². The molecule has 1 fully saturated rings. The molecule has 76 valence electrons. The van der Waals surface area contributed by atoms with Crippen molar-refractivity contribution in [2.75, 3.05) is 20.2 Å². The molecule has 1 aromatic heterocycles. The first-order chi connectivity index (χ1) is 6.81. The zero-order valence-corrected chi connectivity index (χ0v) is 8.92. The highest BCUT2D eigenvalue weighted by atomic mass is 32.1. The van der Waals surface area contributed by atoms with Gasteiger partial charge >= 0.3 is 0 Å². The third kappa shape index (κ3) is 1.81. The summed E-state index contributed by atoms with van der Waals surface area (Å²) in [7, 11) is 1.70. The molecule has 4 heteroatoms. The van der Waals surface area contributed by atoms with Crippen LogP contribution in [0, 0.1) is 0 Å². The maximum Gasteiger partial charge on any atom is 0.264 e. The number of rotatable bonds is 2. The van der Waals surface area contributed by atoms with E-state index in [2.05, 4.69) is 0 Å². The van der Waals surface area contributed by atoms with E-state index in [-0.39, 0.29) is 12.0 Å². The second-order valence-electron chi connectivity index (χ2n) is 3.37. The first-order valence-corrected chi connectivity index (χ1v) is 5.55. The van der Waals surface area contributed by atoms with Crippen LogP contribution >= 0.6 is 11.3 Å². The summed E-state index contributed by atoms with van der Waals surface area (Å²) < 4.78 is 5.22. The fourth-order valence-electron chi connectivity index (χ4n) is 1.66. The number of amides is 1. The first kappa shape index (κ1) is 9.68.